The smallest absolute Gasteiger partial charge is 1.00 e. The molecule has 11 heavy (non-hydrogen) atoms. The Hall–Kier alpha value is -0.800. The number of halogens is 1. The molecule has 1 aliphatic rings. The summed E-state index contributed by atoms with van der Waals surface area (Å²) in [5, 5.41) is 8.50. The fraction of sp³-hybridized carbons (Fsp3) is 0.286. The summed E-state index contributed by atoms with van der Waals surface area (Å²) in [5.74, 6) is -0.875. The second kappa shape index (κ2) is 4.16. The zero-order chi connectivity index (χ0) is 7.56. The van der Waals surface area contributed by atoms with Gasteiger partial charge in [-0.2, -0.15) is 0 Å². The van der Waals surface area contributed by atoms with E-state index in [1.807, 2.05) is 0 Å². The Morgan fingerprint density at radius 3 is 2.82 bits per heavy atom. The van der Waals surface area contributed by atoms with E-state index in [4.69, 9.17) is 10.8 Å². The molecule has 3 nitrogen and oxygen atoms in total. The highest BCUT2D eigenvalue weighted by atomic mass is 35.5. The molecule has 3 N–H and O–H groups in total. The van der Waals surface area contributed by atoms with Crippen LogP contribution >= 0.6 is 0 Å². The Bertz CT molecular complexity index is 215. The maximum atomic E-state index is 10.3. The number of carboxylic acid groups (broad SMARTS) is 1. The molecule has 0 aromatic carbocycles. The highest BCUT2D eigenvalue weighted by molar-refractivity contribution is 5.87. The van der Waals surface area contributed by atoms with E-state index in [9.17, 15) is 4.79 Å². The number of allylic oxidation sites excluding steroid dienone is 2. The molecular formula is C7H10ClNO2. The second-order valence-corrected chi connectivity index (χ2v) is 2.25. The number of carbonyl (C=O) groups is 1. The molecule has 0 amide bonds. The van der Waals surface area contributed by atoms with Gasteiger partial charge in [0.15, 0.2) is 0 Å². The van der Waals surface area contributed by atoms with E-state index in [0.717, 1.165) is 0 Å². The lowest BCUT2D eigenvalue weighted by Crippen LogP contribution is -3.00. The quantitative estimate of drug-likeness (QED) is 0.460. The Labute approximate surface area is 72.5 Å². The molecule has 0 heterocycles. The van der Waals surface area contributed by atoms with Crippen molar-refractivity contribution < 1.29 is 23.7 Å². The summed E-state index contributed by atoms with van der Waals surface area (Å²) < 4.78 is 0. The first-order chi connectivity index (χ1) is 4.70. The lowest BCUT2D eigenvalue weighted by Gasteiger charge is -2.09. The zero-order valence-corrected chi connectivity index (χ0v) is 6.58. The average Bonchev–Trinajstić information content (AvgIpc) is 1.88. The molecule has 0 spiro atoms. The van der Waals surface area contributed by atoms with Crippen molar-refractivity contribution in [3.63, 3.8) is 0 Å². The van der Waals surface area contributed by atoms with Crippen LogP contribution in [0.1, 0.15) is 7.85 Å². The molecule has 0 aliphatic heterocycles. The van der Waals surface area contributed by atoms with E-state index >= 15 is 0 Å². The fourth-order valence-corrected chi connectivity index (χ4v) is 0.863. The van der Waals surface area contributed by atoms with Crippen LogP contribution in [-0.2, 0) is 4.79 Å². The van der Waals surface area contributed by atoms with Gasteiger partial charge in [0.05, 0.1) is 0 Å². The van der Waals surface area contributed by atoms with Crippen molar-refractivity contribution in [1.82, 2.24) is 0 Å². The van der Waals surface area contributed by atoms with Gasteiger partial charge in [-0.3, -0.25) is 0 Å². The molecule has 0 bridgehead atoms. The van der Waals surface area contributed by atoms with E-state index in [1.165, 1.54) is 0 Å². The topological polar surface area (TPSA) is 63.3 Å². The molecule has 0 aromatic heterocycles. The first-order valence-electron chi connectivity index (χ1n) is 3.06. The number of hydrogen-bond acceptors (Lipinski definition) is 2. The molecular weight excluding hydrogens is 166 g/mol. The number of carboxylic acids is 1. The molecule has 0 radical (unpaired) electrons. The highest BCUT2D eigenvalue weighted by Gasteiger charge is 2.11. The van der Waals surface area contributed by atoms with Crippen LogP contribution in [-0.4, -0.2) is 17.1 Å². The highest BCUT2D eigenvalue weighted by Crippen LogP contribution is 2.10. The van der Waals surface area contributed by atoms with E-state index in [1.54, 1.807) is 18.2 Å². The monoisotopic (exact) mass is 175 g/mol. The third-order valence-electron chi connectivity index (χ3n) is 1.39. The molecule has 0 saturated heterocycles. The predicted molar refractivity (Wildman–Crippen MR) is 38.6 cm³/mol. The van der Waals surface area contributed by atoms with Gasteiger partial charge in [0.25, 0.3) is 0 Å². The van der Waals surface area contributed by atoms with Crippen molar-refractivity contribution in [2.24, 2.45) is 5.73 Å². The van der Waals surface area contributed by atoms with Gasteiger partial charge in [0.2, 0.25) is 0 Å². The average molecular weight is 176 g/mol. The van der Waals surface area contributed by atoms with Crippen LogP contribution in [0.2, 0.25) is 0 Å². The maximum Gasteiger partial charge on any atom is 1.00 e. The standard InChI is InChI=1S/C7H9NO2.ClH/c8-6-3-1-2-5(4-6)7(9)10;/h1-3,6H,4,8H2,(H,9,10);1H. The van der Waals surface area contributed by atoms with Crippen molar-refractivity contribution in [2.45, 2.75) is 12.5 Å². The van der Waals surface area contributed by atoms with Crippen molar-refractivity contribution in [3.05, 3.63) is 23.8 Å². The maximum absolute atomic E-state index is 10.3. The SMILES string of the molecule is NC1C=CC=C(C(=O)O)C1.[Cl-].[H+]. The van der Waals surface area contributed by atoms with Gasteiger partial charge < -0.3 is 23.2 Å². The number of aliphatic carboxylic acids is 1. The number of nitrogens with two attached hydrogens (primary N) is 1. The van der Waals surface area contributed by atoms with Crippen LogP contribution in [0.25, 0.3) is 0 Å². The molecule has 1 unspecified atom stereocenters. The Balaban J connectivity index is 0. The largest absolute Gasteiger partial charge is 1.00 e. The van der Waals surface area contributed by atoms with E-state index in [2.05, 4.69) is 0 Å². The van der Waals surface area contributed by atoms with Gasteiger partial charge in [0.1, 0.15) is 0 Å². The van der Waals surface area contributed by atoms with Gasteiger partial charge >= 0.3 is 7.40 Å². The van der Waals surface area contributed by atoms with Crippen LogP contribution in [0, 0.1) is 0 Å². The molecule has 62 valence electrons. The number of hydrogen-bond donors (Lipinski definition) is 2. The minimum atomic E-state index is -0.875. The Morgan fingerprint density at radius 2 is 2.45 bits per heavy atom. The normalized spacial score (nSPS) is 21.9. The summed E-state index contributed by atoms with van der Waals surface area (Å²) in [7, 11) is 0. The number of rotatable bonds is 1. The van der Waals surface area contributed by atoms with Crippen molar-refractivity contribution >= 4 is 5.97 Å². The molecule has 0 saturated carbocycles. The third kappa shape index (κ3) is 2.74. The van der Waals surface area contributed by atoms with E-state index in [-0.39, 0.29) is 19.9 Å². The van der Waals surface area contributed by atoms with E-state index in [0.29, 0.717) is 12.0 Å². The molecule has 0 fully saturated rings. The van der Waals surface area contributed by atoms with E-state index < -0.39 is 5.97 Å². The minimum Gasteiger partial charge on any atom is -1.00 e. The van der Waals surface area contributed by atoms with Crippen molar-refractivity contribution in [2.75, 3.05) is 0 Å². The lowest BCUT2D eigenvalue weighted by molar-refractivity contribution is -0.132. The lowest BCUT2D eigenvalue weighted by atomic mass is 10.0. The molecule has 0 aromatic rings. The predicted octanol–water partition coefficient (Wildman–Crippen LogP) is -2.60. The second-order valence-electron chi connectivity index (χ2n) is 2.25. The van der Waals surface area contributed by atoms with Crippen LogP contribution < -0.4 is 18.1 Å². The fourth-order valence-electron chi connectivity index (χ4n) is 0.863. The molecule has 1 rings (SSSR count). The van der Waals surface area contributed by atoms with Gasteiger partial charge in [-0.15, -0.1) is 0 Å². The summed E-state index contributed by atoms with van der Waals surface area (Å²) >= 11 is 0. The summed E-state index contributed by atoms with van der Waals surface area (Å²) in [6, 6.07) is -0.129. The van der Waals surface area contributed by atoms with Crippen LogP contribution in [0.5, 0.6) is 0 Å². The van der Waals surface area contributed by atoms with Gasteiger partial charge in [-0.1, -0.05) is 18.2 Å². The van der Waals surface area contributed by atoms with Gasteiger partial charge in [0, 0.05) is 11.6 Å². The first-order valence-corrected chi connectivity index (χ1v) is 3.06. The first kappa shape index (κ1) is 10.2. The summed E-state index contributed by atoms with van der Waals surface area (Å²) in [5.41, 5.74) is 5.86. The van der Waals surface area contributed by atoms with Crippen LogP contribution in [0.3, 0.4) is 0 Å². The molecule has 4 heteroatoms. The minimum absolute atomic E-state index is 0. The summed E-state index contributed by atoms with van der Waals surface area (Å²) in [6.07, 6.45) is 5.47. The van der Waals surface area contributed by atoms with Crippen LogP contribution in [0.15, 0.2) is 23.8 Å². The van der Waals surface area contributed by atoms with Crippen molar-refractivity contribution in [3.8, 4) is 0 Å². The van der Waals surface area contributed by atoms with Crippen LogP contribution in [0.4, 0.5) is 0 Å². The molecule has 1 atom stereocenters. The van der Waals surface area contributed by atoms with Crippen molar-refractivity contribution in [1.29, 1.82) is 0 Å². The third-order valence-corrected chi connectivity index (χ3v) is 1.39. The van der Waals surface area contributed by atoms with Gasteiger partial charge in [-0.05, 0) is 6.42 Å². The Morgan fingerprint density at radius 1 is 1.82 bits per heavy atom. The summed E-state index contributed by atoms with van der Waals surface area (Å²) in [4.78, 5) is 10.3. The summed E-state index contributed by atoms with van der Waals surface area (Å²) in [6.45, 7) is 0. The zero-order valence-electron chi connectivity index (χ0n) is 6.83. The molecule has 1 aliphatic carbocycles. The Kier molecular flexibility index (Phi) is 3.85. The van der Waals surface area contributed by atoms with Gasteiger partial charge in [-0.25, -0.2) is 4.79 Å².